The summed E-state index contributed by atoms with van der Waals surface area (Å²) in [5.74, 6) is -0.237. The third-order valence-electron chi connectivity index (χ3n) is 4.47. The summed E-state index contributed by atoms with van der Waals surface area (Å²) in [6.45, 7) is 1.46. The molecule has 4 rings (SSSR count). The second-order valence-corrected chi connectivity index (χ2v) is 6.25. The number of nitro groups is 1. The quantitative estimate of drug-likeness (QED) is 0.532. The van der Waals surface area contributed by atoms with Gasteiger partial charge in [0.2, 0.25) is 0 Å². The highest BCUT2D eigenvalue weighted by Crippen LogP contribution is 2.31. The summed E-state index contributed by atoms with van der Waals surface area (Å²) >= 11 is 0. The minimum absolute atomic E-state index is 0.0650. The number of fused-ring (bicyclic) bond motifs is 1. The molecule has 0 saturated carbocycles. The number of nitrogens with zero attached hydrogens (tertiary/aromatic N) is 2. The van der Waals surface area contributed by atoms with Crippen LogP contribution in [0.2, 0.25) is 0 Å². The molecule has 1 N–H and O–H groups in total. The SMILES string of the molecule is O=[N+]([O-])c1ccc(Nc2ccc3c(c2)CN(c2cccc(F)c2)C3)cc1. The third kappa shape index (κ3) is 3.21. The van der Waals surface area contributed by atoms with Crippen LogP contribution in [-0.2, 0) is 13.1 Å². The van der Waals surface area contributed by atoms with Crippen molar-refractivity contribution in [2.45, 2.75) is 13.1 Å². The van der Waals surface area contributed by atoms with Gasteiger partial charge in [-0.15, -0.1) is 0 Å². The zero-order valence-corrected chi connectivity index (χ0v) is 13.9. The molecule has 1 aliphatic rings. The minimum Gasteiger partial charge on any atom is -0.363 e. The van der Waals surface area contributed by atoms with Crippen LogP contribution in [0.15, 0.2) is 66.7 Å². The lowest BCUT2D eigenvalue weighted by atomic mass is 10.1. The Morgan fingerprint density at radius 2 is 1.65 bits per heavy atom. The van der Waals surface area contributed by atoms with Crippen LogP contribution >= 0.6 is 0 Å². The molecule has 0 radical (unpaired) electrons. The summed E-state index contributed by atoms with van der Waals surface area (Å²) in [7, 11) is 0. The van der Waals surface area contributed by atoms with E-state index in [0.29, 0.717) is 6.54 Å². The van der Waals surface area contributed by atoms with Crippen LogP contribution in [0, 0.1) is 15.9 Å². The first-order valence-electron chi connectivity index (χ1n) is 8.22. The molecule has 1 heterocycles. The van der Waals surface area contributed by atoms with Crippen LogP contribution in [-0.4, -0.2) is 4.92 Å². The number of non-ortho nitro benzene ring substituents is 1. The van der Waals surface area contributed by atoms with Gasteiger partial charge in [0.25, 0.3) is 5.69 Å². The molecule has 130 valence electrons. The van der Waals surface area contributed by atoms with E-state index in [1.165, 1.54) is 29.3 Å². The molecular weight excluding hydrogens is 333 g/mol. The maximum atomic E-state index is 13.5. The van der Waals surface area contributed by atoms with E-state index in [9.17, 15) is 14.5 Å². The first-order valence-corrected chi connectivity index (χ1v) is 8.22. The molecular formula is C20H16FN3O2. The standard InChI is InChI=1S/C20H16FN3O2/c21-16-2-1-3-20(11-16)23-12-14-4-5-18(10-15(14)13-23)22-17-6-8-19(9-7-17)24(25)26/h1-11,22H,12-13H2. The number of anilines is 3. The Morgan fingerprint density at radius 1 is 0.923 bits per heavy atom. The van der Waals surface area contributed by atoms with E-state index in [1.807, 2.05) is 12.1 Å². The zero-order valence-electron chi connectivity index (χ0n) is 13.9. The van der Waals surface area contributed by atoms with Crippen molar-refractivity contribution >= 4 is 22.7 Å². The molecule has 3 aromatic carbocycles. The summed E-state index contributed by atoms with van der Waals surface area (Å²) in [5, 5.41) is 14.0. The van der Waals surface area contributed by atoms with E-state index in [0.717, 1.165) is 23.6 Å². The van der Waals surface area contributed by atoms with Gasteiger partial charge in [0, 0.05) is 42.3 Å². The number of benzene rings is 3. The number of nitrogens with one attached hydrogen (secondary N) is 1. The number of nitro benzene ring substituents is 1. The third-order valence-corrected chi connectivity index (χ3v) is 4.47. The van der Waals surface area contributed by atoms with Gasteiger partial charge in [-0.05, 0) is 53.6 Å². The van der Waals surface area contributed by atoms with E-state index in [2.05, 4.69) is 22.3 Å². The molecule has 26 heavy (non-hydrogen) atoms. The maximum absolute atomic E-state index is 13.5. The van der Waals surface area contributed by atoms with Crippen LogP contribution < -0.4 is 10.2 Å². The van der Waals surface area contributed by atoms with Crippen molar-refractivity contribution in [2.75, 3.05) is 10.2 Å². The number of halogens is 1. The lowest BCUT2D eigenvalue weighted by molar-refractivity contribution is -0.384. The molecule has 3 aromatic rings. The van der Waals surface area contributed by atoms with Crippen molar-refractivity contribution in [1.82, 2.24) is 0 Å². The Kier molecular flexibility index (Phi) is 4.01. The largest absolute Gasteiger partial charge is 0.363 e. The van der Waals surface area contributed by atoms with Gasteiger partial charge in [0.15, 0.2) is 0 Å². The molecule has 5 nitrogen and oxygen atoms in total. The average Bonchev–Trinajstić information content (AvgIpc) is 3.05. The van der Waals surface area contributed by atoms with Gasteiger partial charge >= 0.3 is 0 Å². The molecule has 0 amide bonds. The minimum atomic E-state index is -0.416. The monoisotopic (exact) mass is 349 g/mol. The van der Waals surface area contributed by atoms with Gasteiger partial charge in [-0.2, -0.15) is 0 Å². The van der Waals surface area contributed by atoms with Crippen LogP contribution in [0.3, 0.4) is 0 Å². The molecule has 0 fully saturated rings. The van der Waals surface area contributed by atoms with Gasteiger partial charge < -0.3 is 10.2 Å². The van der Waals surface area contributed by atoms with Crippen LogP contribution in [0.25, 0.3) is 0 Å². The van der Waals surface area contributed by atoms with Crippen LogP contribution in [0.1, 0.15) is 11.1 Å². The first-order chi connectivity index (χ1) is 12.6. The molecule has 0 bridgehead atoms. The molecule has 0 aliphatic carbocycles. The first kappa shape index (κ1) is 16.1. The highest BCUT2D eigenvalue weighted by atomic mass is 19.1. The maximum Gasteiger partial charge on any atom is 0.269 e. The van der Waals surface area contributed by atoms with Gasteiger partial charge in [-0.1, -0.05) is 12.1 Å². The van der Waals surface area contributed by atoms with Crippen LogP contribution in [0.4, 0.5) is 27.1 Å². The Balaban J connectivity index is 1.51. The molecule has 1 aliphatic heterocycles. The van der Waals surface area contributed by atoms with E-state index in [1.54, 1.807) is 24.3 Å². The summed E-state index contributed by atoms with van der Waals surface area (Å²) < 4.78 is 13.5. The fourth-order valence-corrected chi connectivity index (χ4v) is 3.16. The van der Waals surface area contributed by atoms with Crippen molar-refractivity contribution in [3.05, 3.63) is 93.8 Å². The van der Waals surface area contributed by atoms with Crippen LogP contribution in [0.5, 0.6) is 0 Å². The van der Waals surface area contributed by atoms with E-state index >= 15 is 0 Å². The van der Waals surface area contributed by atoms with Crippen molar-refractivity contribution in [2.24, 2.45) is 0 Å². The molecule has 0 saturated heterocycles. The van der Waals surface area contributed by atoms with Gasteiger partial charge in [0.05, 0.1) is 4.92 Å². The van der Waals surface area contributed by atoms with E-state index in [4.69, 9.17) is 0 Å². The zero-order chi connectivity index (χ0) is 18.1. The molecule has 6 heteroatoms. The van der Waals surface area contributed by atoms with Crippen molar-refractivity contribution in [1.29, 1.82) is 0 Å². The summed E-state index contributed by atoms with van der Waals surface area (Å²) in [4.78, 5) is 12.4. The topological polar surface area (TPSA) is 58.4 Å². The van der Waals surface area contributed by atoms with Crippen molar-refractivity contribution in [3.8, 4) is 0 Å². The Morgan fingerprint density at radius 3 is 2.38 bits per heavy atom. The van der Waals surface area contributed by atoms with E-state index in [-0.39, 0.29) is 11.5 Å². The molecule has 0 unspecified atom stereocenters. The lowest BCUT2D eigenvalue weighted by Crippen LogP contribution is -2.14. The predicted octanol–water partition coefficient (Wildman–Crippen LogP) is 5.00. The highest BCUT2D eigenvalue weighted by Gasteiger charge is 2.20. The fourth-order valence-electron chi connectivity index (χ4n) is 3.16. The lowest BCUT2D eigenvalue weighted by Gasteiger charge is -2.17. The average molecular weight is 349 g/mol. The molecule has 0 spiro atoms. The summed E-state index contributed by atoms with van der Waals surface area (Å²) in [5.41, 5.74) is 5.03. The number of rotatable bonds is 4. The number of hydrogen-bond donors (Lipinski definition) is 1. The summed E-state index contributed by atoms with van der Waals surface area (Å²) in [6.07, 6.45) is 0. The number of hydrogen-bond acceptors (Lipinski definition) is 4. The van der Waals surface area contributed by atoms with Crippen molar-refractivity contribution < 1.29 is 9.31 Å². The Labute approximate surface area is 149 Å². The Hall–Kier alpha value is -3.41. The second-order valence-electron chi connectivity index (χ2n) is 6.25. The van der Waals surface area contributed by atoms with Gasteiger partial charge in [-0.25, -0.2) is 4.39 Å². The normalized spacial score (nSPS) is 12.7. The van der Waals surface area contributed by atoms with Crippen molar-refractivity contribution in [3.63, 3.8) is 0 Å². The van der Waals surface area contributed by atoms with Gasteiger partial charge in [0.1, 0.15) is 5.82 Å². The predicted molar refractivity (Wildman–Crippen MR) is 99.1 cm³/mol. The molecule has 0 atom stereocenters. The highest BCUT2D eigenvalue weighted by molar-refractivity contribution is 5.64. The second kappa shape index (κ2) is 6.48. The van der Waals surface area contributed by atoms with E-state index < -0.39 is 4.92 Å². The smallest absolute Gasteiger partial charge is 0.269 e. The van der Waals surface area contributed by atoms with Gasteiger partial charge in [-0.3, -0.25) is 10.1 Å². The molecule has 0 aromatic heterocycles. The Bertz CT molecular complexity index is 973. The fraction of sp³-hybridized carbons (Fsp3) is 0.100. The summed E-state index contributed by atoms with van der Waals surface area (Å²) in [6, 6.07) is 19.0.